The van der Waals surface area contributed by atoms with Crippen LogP contribution < -0.4 is 20.8 Å². The summed E-state index contributed by atoms with van der Waals surface area (Å²) < 4.78 is 11.0. The van der Waals surface area contributed by atoms with Gasteiger partial charge in [0, 0.05) is 46.4 Å². The maximum Gasteiger partial charge on any atom is 0.356 e. The molecule has 2 aromatic heterocycles. The lowest BCUT2D eigenvalue weighted by Crippen LogP contribution is -2.37. The first-order chi connectivity index (χ1) is 22.4. The van der Waals surface area contributed by atoms with E-state index in [0.717, 1.165) is 12.2 Å². The van der Waals surface area contributed by atoms with E-state index in [9.17, 15) is 9.59 Å². The van der Waals surface area contributed by atoms with Crippen LogP contribution in [0.15, 0.2) is 92.6 Å². The van der Waals surface area contributed by atoms with E-state index in [1.165, 1.54) is 35.3 Å². The SMILES string of the molecule is O=C(/C=C/C(=O)ON(CC1=NCCN1)c1cc(Cl)ccc1-c1cnco1)ON(CC1=NCCN1)c1cc(Cl)ccc1-c1cnco1. The van der Waals surface area contributed by atoms with E-state index < -0.39 is 11.9 Å². The maximum absolute atomic E-state index is 13.1. The molecule has 16 heteroatoms. The largest absolute Gasteiger partial charge is 0.443 e. The van der Waals surface area contributed by atoms with Crippen molar-refractivity contribution < 1.29 is 28.1 Å². The normalized spacial score (nSPS) is 14.0. The van der Waals surface area contributed by atoms with E-state index in [4.69, 9.17) is 41.7 Å². The molecule has 2 aromatic carbocycles. The number of nitrogens with one attached hydrogen (secondary N) is 2. The Balaban J connectivity index is 1.22. The molecular formula is C30H26Cl2N8O6. The molecule has 6 rings (SSSR count). The number of benzene rings is 2. The molecule has 0 bridgehead atoms. The highest BCUT2D eigenvalue weighted by Gasteiger charge is 2.24. The molecule has 4 heterocycles. The van der Waals surface area contributed by atoms with Gasteiger partial charge in [0.25, 0.3) is 0 Å². The summed E-state index contributed by atoms with van der Waals surface area (Å²) in [5.74, 6) is 0.335. The minimum absolute atomic E-state index is 0.0770. The highest BCUT2D eigenvalue weighted by atomic mass is 35.5. The van der Waals surface area contributed by atoms with Crippen molar-refractivity contribution in [3.8, 4) is 22.6 Å². The van der Waals surface area contributed by atoms with E-state index in [-0.39, 0.29) is 13.1 Å². The number of carbonyl (C=O) groups is 2. The van der Waals surface area contributed by atoms with E-state index in [0.29, 0.717) is 81.9 Å². The number of rotatable bonds is 12. The first-order valence-electron chi connectivity index (χ1n) is 14.0. The van der Waals surface area contributed by atoms with Gasteiger partial charge < -0.3 is 29.1 Å². The summed E-state index contributed by atoms with van der Waals surface area (Å²) in [6.07, 6.45) is 7.54. The van der Waals surface area contributed by atoms with Gasteiger partial charge >= 0.3 is 11.9 Å². The number of halogens is 2. The monoisotopic (exact) mass is 664 g/mol. The number of hydrogen-bond acceptors (Lipinski definition) is 14. The number of aliphatic imine (C=N–C) groups is 2. The fourth-order valence-corrected chi connectivity index (χ4v) is 4.99. The minimum atomic E-state index is -0.863. The molecule has 0 atom stereocenters. The summed E-state index contributed by atoms with van der Waals surface area (Å²) in [7, 11) is 0. The van der Waals surface area contributed by atoms with E-state index in [1.54, 1.807) is 36.4 Å². The quantitative estimate of drug-likeness (QED) is 0.165. The number of hydrogen-bond donors (Lipinski definition) is 2. The molecule has 14 nitrogen and oxygen atoms in total. The van der Waals surface area contributed by atoms with Crippen LogP contribution in [-0.4, -0.2) is 72.8 Å². The van der Waals surface area contributed by atoms with Crippen LogP contribution in [-0.2, 0) is 19.3 Å². The zero-order valence-corrected chi connectivity index (χ0v) is 25.6. The average Bonchev–Trinajstić information content (AvgIpc) is 3.88. The molecule has 2 N–H and O–H groups in total. The molecule has 0 aliphatic carbocycles. The number of aromatic nitrogens is 2. The zero-order valence-electron chi connectivity index (χ0n) is 24.1. The molecule has 236 valence electrons. The fourth-order valence-electron chi connectivity index (χ4n) is 4.66. The van der Waals surface area contributed by atoms with Crippen molar-refractivity contribution in [1.82, 2.24) is 20.6 Å². The van der Waals surface area contributed by atoms with Gasteiger partial charge in [-0.1, -0.05) is 23.2 Å². The molecular weight excluding hydrogens is 639 g/mol. The summed E-state index contributed by atoms with van der Waals surface area (Å²) in [4.78, 5) is 54.4. The van der Waals surface area contributed by atoms with Crippen molar-refractivity contribution in [2.75, 3.05) is 49.4 Å². The summed E-state index contributed by atoms with van der Waals surface area (Å²) in [6, 6.07) is 10.0. The lowest BCUT2D eigenvalue weighted by atomic mass is 10.1. The van der Waals surface area contributed by atoms with Crippen LogP contribution in [0.1, 0.15) is 0 Å². The van der Waals surface area contributed by atoms with Gasteiger partial charge in [-0.3, -0.25) is 9.98 Å². The molecule has 2 aliphatic heterocycles. The first kappa shape index (κ1) is 30.7. The second-order valence-electron chi connectivity index (χ2n) is 9.79. The minimum Gasteiger partial charge on any atom is -0.443 e. The number of anilines is 2. The number of oxazole rings is 2. The van der Waals surface area contributed by atoms with Gasteiger partial charge in [0.15, 0.2) is 24.3 Å². The van der Waals surface area contributed by atoms with Crippen LogP contribution >= 0.6 is 23.2 Å². The Labute approximate surface area is 272 Å². The summed E-state index contributed by atoms with van der Waals surface area (Å²) in [5.41, 5.74) is 1.98. The van der Waals surface area contributed by atoms with E-state index >= 15 is 0 Å². The third-order valence-electron chi connectivity index (χ3n) is 6.68. The van der Waals surface area contributed by atoms with Crippen LogP contribution in [0.25, 0.3) is 22.6 Å². The van der Waals surface area contributed by atoms with E-state index in [2.05, 4.69) is 30.6 Å². The van der Waals surface area contributed by atoms with Crippen LogP contribution in [0.3, 0.4) is 0 Å². The van der Waals surface area contributed by atoms with Crippen LogP contribution in [0.5, 0.6) is 0 Å². The molecule has 46 heavy (non-hydrogen) atoms. The van der Waals surface area contributed by atoms with E-state index in [1.807, 2.05) is 0 Å². The Bertz CT molecular complexity index is 1660. The molecule has 4 aromatic rings. The smallest absolute Gasteiger partial charge is 0.356 e. The predicted octanol–water partition coefficient (Wildman–Crippen LogP) is 4.09. The predicted molar refractivity (Wildman–Crippen MR) is 171 cm³/mol. The van der Waals surface area contributed by atoms with Gasteiger partial charge in [-0.15, -0.1) is 0 Å². The molecule has 0 radical (unpaired) electrons. The lowest BCUT2D eigenvalue weighted by Gasteiger charge is -2.25. The van der Waals surface area contributed by atoms with Gasteiger partial charge in [-0.25, -0.2) is 19.6 Å². The van der Waals surface area contributed by atoms with Gasteiger partial charge in [0.2, 0.25) is 0 Å². The summed E-state index contributed by atoms with van der Waals surface area (Å²) >= 11 is 12.6. The van der Waals surface area contributed by atoms with Crippen LogP contribution in [0.4, 0.5) is 11.4 Å². The highest BCUT2D eigenvalue weighted by molar-refractivity contribution is 6.31. The van der Waals surface area contributed by atoms with Crippen molar-refractivity contribution >= 4 is 58.2 Å². The van der Waals surface area contributed by atoms with Gasteiger partial charge in [0.1, 0.15) is 24.8 Å². The van der Waals surface area contributed by atoms with Crippen molar-refractivity contribution in [1.29, 1.82) is 0 Å². The van der Waals surface area contributed by atoms with Crippen molar-refractivity contribution in [2.45, 2.75) is 0 Å². The molecule has 0 spiro atoms. The number of amidine groups is 2. The third kappa shape index (κ3) is 7.47. The average molecular weight is 665 g/mol. The lowest BCUT2D eigenvalue weighted by molar-refractivity contribution is -0.141. The number of carbonyl (C=O) groups excluding carboxylic acids is 2. The number of hydroxylamine groups is 2. The Kier molecular flexibility index (Phi) is 9.45. The molecule has 0 saturated heterocycles. The Morgan fingerprint density at radius 3 is 1.59 bits per heavy atom. The Morgan fingerprint density at radius 1 is 0.761 bits per heavy atom. The Hall–Kier alpha value is -5.34. The molecule has 0 fully saturated rings. The standard InChI is InChI=1S/C30H26Cl2N8O6/c31-19-1-3-21(25-13-33-17-43-25)23(11-19)39(15-27-35-7-8-36-27)45-29(41)5-6-30(42)46-40(16-28-37-9-10-38-28)24-12-20(32)2-4-22(24)26-14-34-18-44-26/h1-6,11-14,17-18H,7-10,15-16H2,(H,35,36)(H,37,38)/b6-5+. The molecule has 0 unspecified atom stereocenters. The Morgan fingerprint density at radius 2 is 1.22 bits per heavy atom. The van der Waals surface area contributed by atoms with Gasteiger partial charge in [-0.05, 0) is 36.4 Å². The molecule has 0 amide bonds. The molecule has 0 saturated carbocycles. The topological polar surface area (TPSA) is 160 Å². The first-order valence-corrected chi connectivity index (χ1v) is 14.8. The second kappa shape index (κ2) is 14.2. The van der Waals surface area contributed by atoms with Crippen molar-refractivity contribution in [3.05, 3.63) is 83.8 Å². The van der Waals surface area contributed by atoms with Crippen molar-refractivity contribution in [3.63, 3.8) is 0 Å². The zero-order chi connectivity index (χ0) is 31.9. The van der Waals surface area contributed by atoms with Gasteiger partial charge in [0.05, 0.1) is 36.9 Å². The maximum atomic E-state index is 13.1. The second-order valence-corrected chi connectivity index (χ2v) is 10.7. The van der Waals surface area contributed by atoms with Crippen molar-refractivity contribution in [2.24, 2.45) is 9.98 Å². The third-order valence-corrected chi connectivity index (χ3v) is 7.15. The summed E-state index contributed by atoms with van der Waals surface area (Å²) in [5, 5.41) is 9.71. The number of nitrogens with zero attached hydrogens (tertiary/aromatic N) is 6. The van der Waals surface area contributed by atoms with Crippen LogP contribution in [0, 0.1) is 0 Å². The summed E-state index contributed by atoms with van der Waals surface area (Å²) in [6.45, 7) is 2.61. The highest BCUT2D eigenvalue weighted by Crippen LogP contribution is 2.35. The fraction of sp³-hybridized carbons (Fsp3) is 0.200. The van der Waals surface area contributed by atoms with Crippen LogP contribution in [0.2, 0.25) is 10.0 Å². The van der Waals surface area contributed by atoms with Gasteiger partial charge in [-0.2, -0.15) is 10.1 Å². The molecule has 2 aliphatic rings.